The normalized spacial score (nSPS) is 12.3. The summed E-state index contributed by atoms with van der Waals surface area (Å²) in [6, 6.07) is 50.6. The molecule has 0 saturated carbocycles. The molecule has 3 aromatic heterocycles. The van der Waals surface area contributed by atoms with Crippen molar-refractivity contribution in [2.45, 2.75) is 0 Å². The highest BCUT2D eigenvalue weighted by atomic mass is 15.0. The van der Waals surface area contributed by atoms with E-state index in [4.69, 9.17) is 4.98 Å². The fraction of sp³-hybridized carbons (Fsp3) is 0. The Bertz CT molecular complexity index is 2740. The number of nitrogens with zero attached hydrogens (tertiary/aromatic N) is 3. The summed E-state index contributed by atoms with van der Waals surface area (Å²) in [5.41, 5.74) is 7.91. The molecule has 0 aliphatic heterocycles. The lowest BCUT2D eigenvalue weighted by molar-refractivity contribution is 1.19. The molecule has 0 amide bonds. The van der Waals surface area contributed by atoms with Gasteiger partial charge in [-0.15, -0.1) is 0 Å². The largest absolute Gasteiger partial charge is 0.309 e. The average Bonchev–Trinajstić information content (AvgIpc) is 3.61. The molecule has 42 heavy (non-hydrogen) atoms. The van der Waals surface area contributed by atoms with Crippen molar-refractivity contribution in [3.8, 4) is 5.69 Å². The second kappa shape index (κ2) is 7.96. The van der Waals surface area contributed by atoms with Gasteiger partial charge in [0.2, 0.25) is 0 Å². The lowest BCUT2D eigenvalue weighted by Crippen LogP contribution is -1.95. The molecule has 3 heteroatoms. The number of pyridine rings is 1. The first-order valence-corrected chi connectivity index (χ1v) is 14.4. The number of imidazole rings is 1. The first-order chi connectivity index (χ1) is 20.8. The molecule has 7 aromatic carbocycles. The van der Waals surface area contributed by atoms with Gasteiger partial charge >= 0.3 is 0 Å². The average molecular weight is 534 g/mol. The zero-order valence-corrected chi connectivity index (χ0v) is 22.6. The molecular formula is C39H23N3. The van der Waals surface area contributed by atoms with Gasteiger partial charge in [0.25, 0.3) is 0 Å². The zero-order chi connectivity index (χ0) is 27.4. The first-order valence-electron chi connectivity index (χ1n) is 14.4. The molecule has 194 valence electrons. The van der Waals surface area contributed by atoms with Crippen LogP contribution in [0.3, 0.4) is 0 Å². The van der Waals surface area contributed by atoms with Crippen LogP contribution in [0.25, 0.3) is 87.4 Å². The highest BCUT2D eigenvalue weighted by Crippen LogP contribution is 2.42. The number of hydrogen-bond donors (Lipinski definition) is 0. The molecule has 0 unspecified atom stereocenters. The van der Waals surface area contributed by atoms with E-state index < -0.39 is 0 Å². The molecule has 0 atom stereocenters. The molecule has 10 rings (SSSR count). The van der Waals surface area contributed by atoms with Crippen molar-refractivity contribution in [2.24, 2.45) is 0 Å². The monoisotopic (exact) mass is 533 g/mol. The van der Waals surface area contributed by atoms with Gasteiger partial charge in [-0.05, 0) is 69.4 Å². The van der Waals surface area contributed by atoms with E-state index in [1.54, 1.807) is 0 Å². The van der Waals surface area contributed by atoms with E-state index in [1.165, 1.54) is 70.7 Å². The molecule has 0 saturated heterocycles. The number of hydrogen-bond acceptors (Lipinski definition) is 1. The Balaban J connectivity index is 1.39. The predicted molar refractivity (Wildman–Crippen MR) is 177 cm³/mol. The highest BCUT2D eigenvalue weighted by molar-refractivity contribution is 6.29. The highest BCUT2D eigenvalue weighted by Gasteiger charge is 2.20. The number of aromatic nitrogens is 3. The topological polar surface area (TPSA) is 22.2 Å². The first kappa shape index (κ1) is 22.1. The fourth-order valence-corrected chi connectivity index (χ4v) is 7.27. The van der Waals surface area contributed by atoms with Gasteiger partial charge < -0.3 is 4.57 Å². The Morgan fingerprint density at radius 1 is 0.405 bits per heavy atom. The van der Waals surface area contributed by atoms with Gasteiger partial charge in [-0.25, -0.2) is 4.98 Å². The van der Waals surface area contributed by atoms with E-state index in [9.17, 15) is 0 Å². The van der Waals surface area contributed by atoms with Crippen LogP contribution in [-0.4, -0.2) is 14.0 Å². The Kier molecular flexibility index (Phi) is 4.18. The van der Waals surface area contributed by atoms with Crippen molar-refractivity contribution in [1.82, 2.24) is 14.0 Å². The standard InChI is InChI=1S/C39H23N3/c1-2-10-27-24(9-1)17-18-25-23-26(19-20-28(25)27)41-33-15-7-5-13-31(33)38-35(41)21-22-36-37(38)29-11-3-4-12-30(29)39-40-32-14-6-8-16-34(32)42(36)39/h1-23H. The third kappa shape index (κ3) is 2.77. The van der Waals surface area contributed by atoms with Gasteiger partial charge in [-0.3, -0.25) is 4.40 Å². The van der Waals surface area contributed by atoms with Crippen LogP contribution in [0.15, 0.2) is 140 Å². The fourth-order valence-electron chi connectivity index (χ4n) is 7.27. The van der Waals surface area contributed by atoms with Crippen molar-refractivity contribution >= 4 is 81.7 Å². The van der Waals surface area contributed by atoms with Gasteiger partial charge in [0.05, 0.1) is 27.6 Å². The van der Waals surface area contributed by atoms with Crippen LogP contribution < -0.4 is 0 Å². The zero-order valence-electron chi connectivity index (χ0n) is 22.6. The summed E-state index contributed by atoms with van der Waals surface area (Å²) in [7, 11) is 0. The Morgan fingerprint density at radius 3 is 1.95 bits per heavy atom. The maximum Gasteiger partial charge on any atom is 0.146 e. The SMILES string of the molecule is c1ccc2c(c1)ccc1cc(-n3c4ccccc4c4c5c6ccccc6c6nc7ccccc7n6c5ccc43)ccc12. The van der Waals surface area contributed by atoms with Crippen LogP contribution >= 0.6 is 0 Å². The lowest BCUT2D eigenvalue weighted by atomic mass is 10.0. The summed E-state index contributed by atoms with van der Waals surface area (Å²) < 4.78 is 4.78. The van der Waals surface area contributed by atoms with Crippen LogP contribution in [0.5, 0.6) is 0 Å². The van der Waals surface area contributed by atoms with Crippen molar-refractivity contribution in [3.63, 3.8) is 0 Å². The molecule has 10 aromatic rings. The molecular weight excluding hydrogens is 510 g/mol. The third-order valence-corrected chi connectivity index (χ3v) is 9.04. The number of benzene rings is 7. The second-order valence-electron chi connectivity index (χ2n) is 11.2. The van der Waals surface area contributed by atoms with E-state index in [1.807, 2.05) is 0 Å². The third-order valence-electron chi connectivity index (χ3n) is 9.04. The van der Waals surface area contributed by atoms with E-state index in [2.05, 4.69) is 148 Å². The van der Waals surface area contributed by atoms with Gasteiger partial charge in [0.1, 0.15) is 5.65 Å². The maximum atomic E-state index is 5.10. The minimum absolute atomic E-state index is 1.00. The minimum Gasteiger partial charge on any atom is -0.309 e. The molecule has 0 fully saturated rings. The summed E-state index contributed by atoms with van der Waals surface area (Å²) in [6.07, 6.45) is 0. The van der Waals surface area contributed by atoms with Crippen molar-refractivity contribution in [2.75, 3.05) is 0 Å². The Labute approximate surface area is 240 Å². The minimum atomic E-state index is 1.00. The number of para-hydroxylation sites is 3. The summed E-state index contributed by atoms with van der Waals surface area (Å²) in [4.78, 5) is 5.10. The quantitative estimate of drug-likeness (QED) is 0.192. The van der Waals surface area contributed by atoms with Crippen LogP contribution in [0.1, 0.15) is 0 Å². The number of fused-ring (bicyclic) bond motifs is 15. The van der Waals surface area contributed by atoms with Crippen LogP contribution in [0.2, 0.25) is 0 Å². The molecule has 0 spiro atoms. The van der Waals surface area contributed by atoms with E-state index in [0.29, 0.717) is 0 Å². The smallest absolute Gasteiger partial charge is 0.146 e. The van der Waals surface area contributed by atoms with Gasteiger partial charge in [-0.2, -0.15) is 0 Å². The van der Waals surface area contributed by atoms with Gasteiger partial charge in [0.15, 0.2) is 0 Å². The molecule has 0 aliphatic carbocycles. The second-order valence-corrected chi connectivity index (χ2v) is 11.2. The molecule has 3 heterocycles. The van der Waals surface area contributed by atoms with Crippen LogP contribution in [0.4, 0.5) is 0 Å². The van der Waals surface area contributed by atoms with Crippen molar-refractivity contribution in [1.29, 1.82) is 0 Å². The van der Waals surface area contributed by atoms with Crippen molar-refractivity contribution in [3.05, 3.63) is 140 Å². The molecule has 3 nitrogen and oxygen atoms in total. The van der Waals surface area contributed by atoms with E-state index in [0.717, 1.165) is 16.7 Å². The molecule has 0 radical (unpaired) electrons. The lowest BCUT2D eigenvalue weighted by Gasteiger charge is -2.13. The summed E-state index contributed by atoms with van der Waals surface area (Å²) >= 11 is 0. The maximum absolute atomic E-state index is 5.10. The Hall–Kier alpha value is -5.67. The van der Waals surface area contributed by atoms with Crippen LogP contribution in [-0.2, 0) is 0 Å². The number of rotatable bonds is 1. The van der Waals surface area contributed by atoms with Crippen molar-refractivity contribution < 1.29 is 0 Å². The van der Waals surface area contributed by atoms with E-state index in [-0.39, 0.29) is 0 Å². The van der Waals surface area contributed by atoms with E-state index >= 15 is 0 Å². The summed E-state index contributed by atoms with van der Waals surface area (Å²) in [5, 5.41) is 11.3. The van der Waals surface area contributed by atoms with Gasteiger partial charge in [-0.1, -0.05) is 97.1 Å². The van der Waals surface area contributed by atoms with Crippen LogP contribution in [0, 0.1) is 0 Å². The summed E-state index contributed by atoms with van der Waals surface area (Å²) in [6.45, 7) is 0. The van der Waals surface area contributed by atoms with Gasteiger partial charge in [0, 0.05) is 27.2 Å². The summed E-state index contributed by atoms with van der Waals surface area (Å²) in [5.74, 6) is 0. The Morgan fingerprint density at radius 2 is 1.05 bits per heavy atom. The molecule has 0 bridgehead atoms. The predicted octanol–water partition coefficient (Wildman–Crippen LogP) is 10.2. The molecule has 0 aliphatic rings. The molecule has 0 N–H and O–H groups in total.